The van der Waals surface area contributed by atoms with Crippen molar-refractivity contribution in [2.24, 2.45) is 5.73 Å². The third kappa shape index (κ3) is 1.12. The van der Waals surface area contributed by atoms with Crippen molar-refractivity contribution >= 4 is 11.0 Å². The van der Waals surface area contributed by atoms with Gasteiger partial charge in [0.05, 0.1) is 5.69 Å². The van der Waals surface area contributed by atoms with Crippen LogP contribution in [-0.2, 0) is 6.54 Å². The molecular weight excluding hydrogens is 164 g/mol. The fourth-order valence-corrected chi connectivity index (χ4v) is 1.52. The van der Waals surface area contributed by atoms with E-state index in [1.165, 1.54) is 0 Å². The van der Waals surface area contributed by atoms with E-state index < -0.39 is 0 Å². The maximum Gasteiger partial charge on any atom is 0.170 e. The second kappa shape index (κ2) is 2.85. The van der Waals surface area contributed by atoms with Crippen LogP contribution in [0.5, 0.6) is 0 Å². The lowest BCUT2D eigenvalue weighted by atomic mass is 10.1. The molecule has 2 aromatic rings. The summed E-state index contributed by atoms with van der Waals surface area (Å²) in [6, 6.07) is 4.04. The Bertz CT molecular complexity index is 445. The van der Waals surface area contributed by atoms with Crippen LogP contribution in [0.2, 0.25) is 0 Å². The van der Waals surface area contributed by atoms with Gasteiger partial charge in [-0.2, -0.15) is 0 Å². The van der Waals surface area contributed by atoms with E-state index in [1.54, 1.807) is 0 Å². The number of nitrogens with zero attached hydrogens (tertiary/aromatic N) is 1. The number of hydrogen-bond acceptors (Lipinski definition) is 3. The van der Waals surface area contributed by atoms with E-state index in [4.69, 9.17) is 10.3 Å². The van der Waals surface area contributed by atoms with Crippen LogP contribution >= 0.6 is 0 Å². The minimum absolute atomic E-state index is 0.543. The van der Waals surface area contributed by atoms with Crippen LogP contribution in [0.3, 0.4) is 0 Å². The molecule has 0 saturated heterocycles. The number of nitrogens with two attached hydrogens (primary N) is 1. The zero-order valence-electron chi connectivity index (χ0n) is 7.79. The van der Waals surface area contributed by atoms with E-state index in [2.05, 4.69) is 5.16 Å². The average Bonchev–Trinajstić information content (AvgIpc) is 2.50. The molecule has 0 atom stereocenters. The lowest BCUT2D eigenvalue weighted by Crippen LogP contribution is -1.98. The molecular formula is C10H12N2O. The first-order chi connectivity index (χ1) is 6.24. The van der Waals surface area contributed by atoms with Gasteiger partial charge in [-0.1, -0.05) is 11.2 Å². The summed E-state index contributed by atoms with van der Waals surface area (Å²) in [6.07, 6.45) is 0. The van der Waals surface area contributed by atoms with E-state index in [0.717, 1.165) is 27.8 Å². The largest absolute Gasteiger partial charge is 0.356 e. The highest BCUT2D eigenvalue weighted by molar-refractivity contribution is 5.83. The highest BCUT2D eigenvalue weighted by Crippen LogP contribution is 2.23. The highest BCUT2D eigenvalue weighted by atomic mass is 16.5. The van der Waals surface area contributed by atoms with Crippen molar-refractivity contribution in [1.82, 2.24) is 5.16 Å². The minimum atomic E-state index is 0.543. The number of rotatable bonds is 1. The molecule has 13 heavy (non-hydrogen) atoms. The van der Waals surface area contributed by atoms with Gasteiger partial charge in [-0.05, 0) is 31.0 Å². The van der Waals surface area contributed by atoms with Crippen LogP contribution in [0, 0.1) is 13.8 Å². The molecule has 0 radical (unpaired) electrons. The van der Waals surface area contributed by atoms with Crippen LogP contribution < -0.4 is 5.73 Å². The van der Waals surface area contributed by atoms with Gasteiger partial charge in [0.25, 0.3) is 0 Å². The molecule has 3 heteroatoms. The van der Waals surface area contributed by atoms with Crippen molar-refractivity contribution in [2.45, 2.75) is 20.4 Å². The smallest absolute Gasteiger partial charge is 0.170 e. The van der Waals surface area contributed by atoms with Crippen LogP contribution in [0.4, 0.5) is 0 Å². The van der Waals surface area contributed by atoms with Crippen molar-refractivity contribution < 1.29 is 4.52 Å². The molecule has 0 bridgehead atoms. The Hall–Kier alpha value is -1.35. The summed E-state index contributed by atoms with van der Waals surface area (Å²) >= 11 is 0. The summed E-state index contributed by atoms with van der Waals surface area (Å²) in [5, 5.41) is 4.99. The van der Waals surface area contributed by atoms with E-state index in [0.29, 0.717) is 6.54 Å². The maximum atomic E-state index is 5.59. The van der Waals surface area contributed by atoms with Gasteiger partial charge >= 0.3 is 0 Å². The molecule has 0 unspecified atom stereocenters. The lowest BCUT2D eigenvalue weighted by Gasteiger charge is -2.01. The quantitative estimate of drug-likeness (QED) is 0.722. The first-order valence-electron chi connectivity index (χ1n) is 4.28. The molecule has 0 spiro atoms. The van der Waals surface area contributed by atoms with Crippen molar-refractivity contribution in [3.05, 3.63) is 29.0 Å². The molecule has 1 heterocycles. The Morgan fingerprint density at radius 2 is 2.15 bits per heavy atom. The van der Waals surface area contributed by atoms with Crippen LogP contribution in [-0.4, -0.2) is 5.16 Å². The second-order valence-corrected chi connectivity index (χ2v) is 3.20. The molecule has 0 amide bonds. The highest BCUT2D eigenvalue weighted by Gasteiger charge is 2.08. The molecule has 0 aliphatic heterocycles. The fourth-order valence-electron chi connectivity index (χ4n) is 1.52. The fraction of sp³-hybridized carbons (Fsp3) is 0.300. The topological polar surface area (TPSA) is 52.0 Å². The van der Waals surface area contributed by atoms with Gasteiger partial charge in [0.2, 0.25) is 0 Å². The Labute approximate surface area is 76.5 Å². The predicted octanol–water partition coefficient (Wildman–Crippen LogP) is 1.90. The summed E-state index contributed by atoms with van der Waals surface area (Å²) in [4.78, 5) is 0. The molecule has 2 N–H and O–H groups in total. The van der Waals surface area contributed by atoms with E-state index >= 15 is 0 Å². The zero-order valence-corrected chi connectivity index (χ0v) is 7.79. The van der Waals surface area contributed by atoms with E-state index in [9.17, 15) is 0 Å². The third-order valence-electron chi connectivity index (χ3n) is 2.40. The number of benzene rings is 1. The Morgan fingerprint density at radius 1 is 1.38 bits per heavy atom. The number of fused-ring (bicyclic) bond motifs is 1. The van der Waals surface area contributed by atoms with Crippen molar-refractivity contribution in [2.75, 3.05) is 0 Å². The monoisotopic (exact) mass is 176 g/mol. The summed E-state index contributed by atoms with van der Waals surface area (Å²) in [5.74, 6) is 0. The normalized spacial score (nSPS) is 11.0. The van der Waals surface area contributed by atoms with Gasteiger partial charge in [0, 0.05) is 11.9 Å². The number of hydrogen-bond donors (Lipinski definition) is 1. The van der Waals surface area contributed by atoms with E-state index in [-0.39, 0.29) is 0 Å². The van der Waals surface area contributed by atoms with Crippen LogP contribution in [0.25, 0.3) is 11.0 Å². The average molecular weight is 176 g/mol. The number of aromatic nitrogens is 1. The number of aryl methyl sites for hydroxylation is 2. The lowest BCUT2D eigenvalue weighted by molar-refractivity contribution is 0.448. The SMILES string of the molecule is Cc1noc2c(C)c(CN)ccc12. The van der Waals surface area contributed by atoms with E-state index in [1.807, 2.05) is 26.0 Å². The van der Waals surface area contributed by atoms with Crippen molar-refractivity contribution in [3.8, 4) is 0 Å². The maximum absolute atomic E-state index is 5.59. The van der Waals surface area contributed by atoms with Gasteiger partial charge in [-0.25, -0.2) is 0 Å². The molecule has 68 valence electrons. The van der Waals surface area contributed by atoms with Crippen LogP contribution in [0.15, 0.2) is 16.7 Å². The first-order valence-corrected chi connectivity index (χ1v) is 4.28. The van der Waals surface area contributed by atoms with Gasteiger partial charge in [0.15, 0.2) is 5.58 Å². The third-order valence-corrected chi connectivity index (χ3v) is 2.40. The minimum Gasteiger partial charge on any atom is -0.356 e. The Morgan fingerprint density at radius 3 is 2.85 bits per heavy atom. The first kappa shape index (κ1) is 8.26. The van der Waals surface area contributed by atoms with Gasteiger partial charge in [-0.15, -0.1) is 0 Å². The second-order valence-electron chi connectivity index (χ2n) is 3.20. The standard InChI is InChI=1S/C10H12N2O/c1-6-8(5-11)3-4-9-7(2)12-13-10(6)9/h3-4H,5,11H2,1-2H3. The summed E-state index contributed by atoms with van der Waals surface area (Å²) in [6.45, 7) is 4.49. The van der Waals surface area contributed by atoms with Gasteiger partial charge < -0.3 is 10.3 Å². The zero-order chi connectivity index (χ0) is 9.42. The molecule has 0 saturated carbocycles. The molecule has 3 nitrogen and oxygen atoms in total. The molecule has 0 aliphatic rings. The van der Waals surface area contributed by atoms with Crippen molar-refractivity contribution in [1.29, 1.82) is 0 Å². The molecule has 2 rings (SSSR count). The summed E-state index contributed by atoms with van der Waals surface area (Å²) in [5.41, 5.74) is 9.59. The molecule has 1 aromatic heterocycles. The van der Waals surface area contributed by atoms with Crippen molar-refractivity contribution in [3.63, 3.8) is 0 Å². The Balaban J connectivity index is 2.80. The van der Waals surface area contributed by atoms with Gasteiger partial charge in [0.1, 0.15) is 0 Å². The summed E-state index contributed by atoms with van der Waals surface area (Å²) < 4.78 is 5.22. The molecule has 1 aromatic carbocycles. The van der Waals surface area contributed by atoms with Gasteiger partial charge in [-0.3, -0.25) is 0 Å². The summed E-state index contributed by atoms with van der Waals surface area (Å²) in [7, 11) is 0. The predicted molar refractivity (Wildman–Crippen MR) is 51.4 cm³/mol. The van der Waals surface area contributed by atoms with Crippen LogP contribution in [0.1, 0.15) is 16.8 Å². The Kier molecular flexibility index (Phi) is 1.81. The molecule has 0 fully saturated rings. The molecule has 0 aliphatic carbocycles.